The van der Waals surface area contributed by atoms with Crippen LogP contribution >= 0.6 is 0 Å². The van der Waals surface area contributed by atoms with Crippen LogP contribution in [0.3, 0.4) is 0 Å². The van der Waals surface area contributed by atoms with E-state index in [1.807, 2.05) is 0 Å². The molecule has 5 heteroatoms. The maximum Gasteiger partial charge on any atom is 0.240 e. The van der Waals surface area contributed by atoms with Crippen LogP contribution in [0.4, 0.5) is 0 Å². The number of aliphatic hydroxyl groups is 1. The maximum atomic E-state index is 12.3. The quantitative estimate of drug-likeness (QED) is 0.759. The molecule has 0 bridgehead atoms. The van der Waals surface area contributed by atoms with Gasteiger partial charge in [0.25, 0.3) is 0 Å². The van der Waals surface area contributed by atoms with Crippen LogP contribution in [0.25, 0.3) is 0 Å². The molecule has 2 aliphatic rings. The summed E-state index contributed by atoms with van der Waals surface area (Å²) in [5, 5.41) is 22.0. The van der Waals surface area contributed by atoms with E-state index in [1.165, 1.54) is 0 Å². The van der Waals surface area contributed by atoms with Gasteiger partial charge in [-0.3, -0.25) is 4.79 Å². The van der Waals surface area contributed by atoms with Gasteiger partial charge in [0.2, 0.25) is 5.91 Å². The summed E-state index contributed by atoms with van der Waals surface area (Å²) in [4.78, 5) is 12.3. The number of hydrogen-bond donors (Lipinski definition) is 2. The van der Waals surface area contributed by atoms with E-state index < -0.39 is 11.5 Å². The summed E-state index contributed by atoms with van der Waals surface area (Å²) < 4.78 is 5.21. The number of ether oxygens (including phenoxy) is 1. The molecule has 2 rings (SSSR count). The summed E-state index contributed by atoms with van der Waals surface area (Å²) >= 11 is 0. The van der Waals surface area contributed by atoms with Gasteiger partial charge in [0.15, 0.2) is 0 Å². The van der Waals surface area contributed by atoms with E-state index in [2.05, 4.69) is 11.4 Å². The van der Waals surface area contributed by atoms with Gasteiger partial charge in [-0.25, -0.2) is 0 Å². The Kier molecular flexibility index (Phi) is 4.20. The number of nitrogens with zero attached hydrogens (tertiary/aromatic N) is 1. The Hall–Kier alpha value is -1.12. The van der Waals surface area contributed by atoms with Crippen LogP contribution in [0.1, 0.15) is 38.5 Å². The van der Waals surface area contributed by atoms with Crippen molar-refractivity contribution in [1.29, 1.82) is 5.26 Å². The molecule has 1 saturated heterocycles. The number of hydrogen-bond acceptors (Lipinski definition) is 4. The van der Waals surface area contributed by atoms with Crippen molar-refractivity contribution in [3.05, 3.63) is 0 Å². The van der Waals surface area contributed by atoms with E-state index in [1.54, 1.807) is 0 Å². The molecular weight excluding hydrogens is 232 g/mol. The molecule has 18 heavy (non-hydrogen) atoms. The average molecular weight is 252 g/mol. The number of carbonyl (C=O) groups is 1. The summed E-state index contributed by atoms with van der Waals surface area (Å²) in [5.74, 6) is -0.237. The zero-order valence-corrected chi connectivity index (χ0v) is 10.5. The molecule has 1 saturated carbocycles. The van der Waals surface area contributed by atoms with Gasteiger partial charge in [-0.2, -0.15) is 5.26 Å². The standard InChI is InChI=1S/C13H20N2O3/c14-9-13(5-7-18-8-6-13)12(17)15-10-3-1-2-4-11(10)16/h10-11,16H,1-8H2,(H,15,17). The van der Waals surface area contributed by atoms with Gasteiger partial charge in [0.05, 0.1) is 18.2 Å². The zero-order valence-electron chi connectivity index (χ0n) is 10.5. The minimum Gasteiger partial charge on any atom is -0.391 e. The number of carbonyl (C=O) groups excluding carboxylic acids is 1. The highest BCUT2D eigenvalue weighted by atomic mass is 16.5. The largest absolute Gasteiger partial charge is 0.391 e. The van der Waals surface area contributed by atoms with Crippen molar-refractivity contribution in [1.82, 2.24) is 5.32 Å². The fourth-order valence-electron chi connectivity index (χ4n) is 2.70. The predicted octanol–water partition coefficient (Wildman–Crippen LogP) is 0.726. The Bertz CT molecular complexity index is 345. The Morgan fingerprint density at radius 2 is 2.00 bits per heavy atom. The van der Waals surface area contributed by atoms with Gasteiger partial charge < -0.3 is 15.2 Å². The van der Waals surface area contributed by atoms with Crippen LogP contribution in [-0.2, 0) is 9.53 Å². The second-order valence-corrected chi connectivity index (χ2v) is 5.24. The Morgan fingerprint density at radius 1 is 1.33 bits per heavy atom. The van der Waals surface area contributed by atoms with Crippen molar-refractivity contribution in [3.63, 3.8) is 0 Å². The van der Waals surface area contributed by atoms with Crippen LogP contribution in [0.15, 0.2) is 0 Å². The molecule has 1 aliphatic heterocycles. The van der Waals surface area contributed by atoms with Crippen LogP contribution in [0.5, 0.6) is 0 Å². The lowest BCUT2D eigenvalue weighted by Crippen LogP contribution is -2.52. The molecule has 2 unspecified atom stereocenters. The van der Waals surface area contributed by atoms with Gasteiger partial charge >= 0.3 is 0 Å². The van der Waals surface area contributed by atoms with Gasteiger partial charge in [-0.15, -0.1) is 0 Å². The molecule has 0 aromatic rings. The molecule has 2 fully saturated rings. The number of nitriles is 1. The lowest BCUT2D eigenvalue weighted by molar-refractivity contribution is -0.134. The second kappa shape index (κ2) is 5.68. The van der Waals surface area contributed by atoms with Gasteiger partial charge in [0, 0.05) is 13.2 Å². The van der Waals surface area contributed by atoms with Gasteiger partial charge in [-0.05, 0) is 25.7 Å². The highest BCUT2D eigenvalue weighted by Gasteiger charge is 2.42. The van der Waals surface area contributed by atoms with Gasteiger partial charge in [-0.1, -0.05) is 12.8 Å². The highest BCUT2D eigenvalue weighted by Crippen LogP contribution is 2.30. The summed E-state index contributed by atoms with van der Waals surface area (Å²) in [5.41, 5.74) is -0.963. The molecule has 100 valence electrons. The van der Waals surface area contributed by atoms with Crippen LogP contribution in [0, 0.1) is 16.7 Å². The monoisotopic (exact) mass is 252 g/mol. The molecule has 1 amide bonds. The van der Waals surface area contributed by atoms with Crippen molar-refractivity contribution in [3.8, 4) is 6.07 Å². The van der Waals surface area contributed by atoms with Crippen molar-refractivity contribution >= 4 is 5.91 Å². The highest BCUT2D eigenvalue weighted by molar-refractivity contribution is 5.85. The Labute approximate surface area is 107 Å². The first-order chi connectivity index (χ1) is 8.68. The van der Waals surface area contributed by atoms with E-state index in [9.17, 15) is 15.2 Å². The molecule has 0 aromatic heterocycles. The summed E-state index contributed by atoms with van der Waals surface area (Å²) in [6.45, 7) is 0.905. The van der Waals surface area contributed by atoms with Crippen molar-refractivity contribution in [2.45, 2.75) is 50.7 Å². The SMILES string of the molecule is N#CC1(C(=O)NC2CCCCC2O)CCOCC1. The average Bonchev–Trinajstić information content (AvgIpc) is 2.42. The molecule has 0 aromatic carbocycles. The van der Waals surface area contributed by atoms with Crippen LogP contribution in [-0.4, -0.2) is 36.4 Å². The molecule has 5 nitrogen and oxygen atoms in total. The fraction of sp³-hybridized carbons (Fsp3) is 0.846. The molecular formula is C13H20N2O3. The Balaban J connectivity index is 1.99. The van der Waals surface area contributed by atoms with Crippen molar-refractivity contribution in [2.24, 2.45) is 5.41 Å². The van der Waals surface area contributed by atoms with Crippen molar-refractivity contribution in [2.75, 3.05) is 13.2 Å². The predicted molar refractivity (Wildman–Crippen MR) is 64.5 cm³/mol. The molecule has 2 N–H and O–H groups in total. The topological polar surface area (TPSA) is 82.4 Å². The lowest BCUT2D eigenvalue weighted by atomic mass is 9.80. The molecule has 1 heterocycles. The smallest absolute Gasteiger partial charge is 0.240 e. The lowest BCUT2D eigenvalue weighted by Gasteiger charge is -2.34. The minimum atomic E-state index is -0.963. The number of rotatable bonds is 2. The first-order valence-corrected chi connectivity index (χ1v) is 6.66. The summed E-state index contributed by atoms with van der Waals surface area (Å²) in [6.07, 6.45) is 3.96. The number of amides is 1. The Morgan fingerprint density at radius 3 is 2.61 bits per heavy atom. The zero-order chi connectivity index (χ0) is 13.0. The first kappa shape index (κ1) is 13.3. The summed E-state index contributed by atoms with van der Waals surface area (Å²) in [7, 11) is 0. The van der Waals surface area contributed by atoms with E-state index in [4.69, 9.17) is 4.74 Å². The van der Waals surface area contributed by atoms with E-state index in [0.29, 0.717) is 26.1 Å². The minimum absolute atomic E-state index is 0.195. The number of aliphatic hydroxyl groups excluding tert-OH is 1. The summed E-state index contributed by atoms with van der Waals surface area (Å²) in [6, 6.07) is 1.95. The second-order valence-electron chi connectivity index (χ2n) is 5.24. The molecule has 0 radical (unpaired) electrons. The molecule has 0 spiro atoms. The third-order valence-electron chi connectivity index (χ3n) is 4.04. The maximum absolute atomic E-state index is 12.3. The van der Waals surface area contributed by atoms with E-state index in [0.717, 1.165) is 25.7 Å². The first-order valence-electron chi connectivity index (χ1n) is 6.66. The third-order valence-corrected chi connectivity index (χ3v) is 4.04. The van der Waals surface area contributed by atoms with E-state index >= 15 is 0 Å². The molecule has 1 aliphatic carbocycles. The number of nitrogens with one attached hydrogen (secondary N) is 1. The normalized spacial score (nSPS) is 31.3. The van der Waals surface area contributed by atoms with Crippen LogP contribution in [0.2, 0.25) is 0 Å². The molecule has 2 atom stereocenters. The van der Waals surface area contributed by atoms with Crippen molar-refractivity contribution < 1.29 is 14.6 Å². The fourth-order valence-corrected chi connectivity index (χ4v) is 2.70. The van der Waals surface area contributed by atoms with E-state index in [-0.39, 0.29) is 11.9 Å². The third kappa shape index (κ3) is 2.65. The van der Waals surface area contributed by atoms with Crippen LogP contribution < -0.4 is 5.32 Å². The van der Waals surface area contributed by atoms with Gasteiger partial charge in [0.1, 0.15) is 5.41 Å².